The highest BCUT2D eigenvalue weighted by Crippen LogP contribution is 2.42. The largest absolute Gasteiger partial charge is 0.496 e. The minimum Gasteiger partial charge on any atom is -0.496 e. The smallest absolute Gasteiger partial charge is 0.256 e. The molecule has 3 heterocycles. The number of benzene rings is 2. The van der Waals surface area contributed by atoms with E-state index in [1.807, 2.05) is 16.0 Å². The predicted octanol–water partition coefficient (Wildman–Crippen LogP) is 5.00. The first-order chi connectivity index (χ1) is 18.5. The zero-order chi connectivity index (χ0) is 25.9. The molecular weight excluding hydrogens is 476 g/mol. The molecule has 7 rings (SSSR count). The van der Waals surface area contributed by atoms with E-state index < -0.39 is 5.54 Å². The molecule has 2 saturated carbocycles. The lowest BCUT2D eigenvalue weighted by Crippen LogP contribution is -2.44. The number of aliphatic imine (C=N–C) groups is 1. The van der Waals surface area contributed by atoms with Gasteiger partial charge in [-0.05, 0) is 84.9 Å². The molecule has 2 aliphatic heterocycles. The zero-order valence-corrected chi connectivity index (χ0v) is 21.9. The number of carbonyl (C=O) groups is 2. The summed E-state index contributed by atoms with van der Waals surface area (Å²) in [6, 6.07) is 14.7. The van der Waals surface area contributed by atoms with Crippen molar-refractivity contribution in [3.63, 3.8) is 0 Å². The first-order valence-electron chi connectivity index (χ1n) is 14.0. The zero-order valence-electron chi connectivity index (χ0n) is 21.9. The fourth-order valence-electron chi connectivity index (χ4n) is 6.64. The molecule has 2 amide bonds. The van der Waals surface area contributed by atoms with Crippen molar-refractivity contribution in [2.45, 2.75) is 50.5 Å². The average Bonchev–Trinajstić information content (AvgIpc) is 3.28. The molecule has 4 aliphatic rings. The third-order valence-electron chi connectivity index (χ3n) is 8.94. The van der Waals surface area contributed by atoms with Gasteiger partial charge < -0.3 is 14.6 Å². The summed E-state index contributed by atoms with van der Waals surface area (Å²) in [5, 5.41) is 1.16. The highest BCUT2D eigenvalue weighted by Gasteiger charge is 2.51. The third-order valence-corrected chi connectivity index (χ3v) is 8.94. The summed E-state index contributed by atoms with van der Waals surface area (Å²) < 4.78 is 5.90. The van der Waals surface area contributed by atoms with E-state index in [-0.39, 0.29) is 17.7 Å². The van der Waals surface area contributed by atoms with E-state index in [0.29, 0.717) is 12.5 Å². The van der Waals surface area contributed by atoms with Gasteiger partial charge >= 0.3 is 0 Å². The second kappa shape index (κ2) is 9.00. The first kappa shape index (κ1) is 23.5. The first-order valence-corrected chi connectivity index (χ1v) is 14.0. The Bertz CT molecular complexity index is 1450. The number of fused-ring (bicyclic) bond motifs is 1. The number of likely N-dealkylation sites (tertiary alicyclic amines) is 1. The monoisotopic (exact) mass is 510 g/mol. The number of rotatable bonds is 6. The summed E-state index contributed by atoms with van der Waals surface area (Å²) in [5.41, 5.74) is 3.51. The van der Waals surface area contributed by atoms with Crippen molar-refractivity contribution in [2.75, 3.05) is 26.7 Å². The maximum Gasteiger partial charge on any atom is 0.256 e. The van der Waals surface area contributed by atoms with Crippen LogP contribution in [0.4, 0.5) is 0 Å². The van der Waals surface area contributed by atoms with Gasteiger partial charge in [0, 0.05) is 37.3 Å². The van der Waals surface area contributed by atoms with Crippen molar-refractivity contribution in [1.82, 2.24) is 14.8 Å². The highest BCUT2D eigenvalue weighted by molar-refractivity contribution is 6.16. The number of ether oxygens (including phenoxy) is 1. The van der Waals surface area contributed by atoms with Crippen molar-refractivity contribution >= 4 is 28.6 Å². The number of nitrogens with one attached hydrogen (secondary N) is 1. The van der Waals surface area contributed by atoms with Gasteiger partial charge in [0.25, 0.3) is 5.91 Å². The van der Waals surface area contributed by atoms with Crippen LogP contribution in [0.5, 0.6) is 5.75 Å². The Hall–Kier alpha value is -3.61. The van der Waals surface area contributed by atoms with Crippen LogP contribution in [-0.2, 0) is 9.59 Å². The van der Waals surface area contributed by atoms with Crippen LogP contribution >= 0.6 is 0 Å². The predicted molar refractivity (Wildman–Crippen MR) is 147 cm³/mol. The minimum atomic E-state index is -0.638. The average molecular weight is 511 g/mol. The standard InChI is InChI=1S/C31H34N4O3/c1-38-27-17-23(22-7-9-26-24(16-22)10-14-32-26)6-8-25(27)28-33-31(12-2-3-13-31)30(37)35(28)19-20-11-15-34(18-20)29(36)21-4-5-21/h6-10,14,16-17,20-21,32H,2-5,11-13,15,18-19H2,1H3. The molecule has 2 aliphatic carbocycles. The van der Waals surface area contributed by atoms with Gasteiger partial charge in [-0.3, -0.25) is 19.5 Å². The van der Waals surface area contributed by atoms with E-state index in [9.17, 15) is 9.59 Å². The summed E-state index contributed by atoms with van der Waals surface area (Å²) in [7, 11) is 1.68. The number of hydrogen-bond acceptors (Lipinski definition) is 4. The van der Waals surface area contributed by atoms with Crippen molar-refractivity contribution < 1.29 is 14.3 Å². The number of amides is 2. The molecule has 1 atom stereocenters. The molecule has 7 heteroatoms. The van der Waals surface area contributed by atoms with Crippen LogP contribution in [0.25, 0.3) is 22.0 Å². The number of H-pyrrole nitrogens is 1. The number of amidine groups is 1. The fraction of sp³-hybridized carbons (Fsp3) is 0.452. The molecule has 2 aromatic carbocycles. The normalized spacial score (nSPS) is 22.6. The molecule has 7 nitrogen and oxygen atoms in total. The van der Waals surface area contributed by atoms with E-state index >= 15 is 0 Å². The minimum absolute atomic E-state index is 0.126. The number of aromatic nitrogens is 1. The third kappa shape index (κ3) is 3.91. The van der Waals surface area contributed by atoms with Crippen molar-refractivity contribution in [2.24, 2.45) is 16.8 Å². The molecule has 38 heavy (non-hydrogen) atoms. The quantitative estimate of drug-likeness (QED) is 0.507. The van der Waals surface area contributed by atoms with Crippen LogP contribution < -0.4 is 4.74 Å². The Morgan fingerprint density at radius 1 is 1.08 bits per heavy atom. The lowest BCUT2D eigenvalue weighted by Gasteiger charge is -2.26. The molecule has 1 unspecified atom stereocenters. The molecule has 1 N–H and O–H groups in total. The molecule has 1 aromatic heterocycles. The summed E-state index contributed by atoms with van der Waals surface area (Å²) in [4.78, 5) is 38.9. The maximum atomic E-state index is 13.9. The van der Waals surface area contributed by atoms with Crippen molar-refractivity contribution in [3.8, 4) is 16.9 Å². The number of aromatic amines is 1. The molecule has 3 aromatic rings. The van der Waals surface area contributed by atoms with Crippen molar-refractivity contribution in [3.05, 3.63) is 54.2 Å². The molecule has 0 bridgehead atoms. The second-order valence-corrected chi connectivity index (χ2v) is 11.5. The van der Waals surface area contributed by atoms with Gasteiger partial charge in [0.1, 0.15) is 17.1 Å². The Morgan fingerprint density at radius 2 is 1.87 bits per heavy atom. The summed E-state index contributed by atoms with van der Waals surface area (Å²) in [6.07, 6.45) is 8.60. The van der Waals surface area contributed by atoms with Crippen LogP contribution in [0.3, 0.4) is 0 Å². The number of hydrogen-bond donors (Lipinski definition) is 1. The van der Waals surface area contributed by atoms with E-state index in [2.05, 4.69) is 47.4 Å². The SMILES string of the molecule is COc1cc(-c2ccc3[nH]ccc3c2)ccc1C1=NC2(CCCC2)C(=O)N1CC1CCN(C(=O)C2CC2)C1. The Kier molecular flexibility index (Phi) is 5.57. The van der Waals surface area contributed by atoms with E-state index in [1.54, 1.807) is 7.11 Å². The Morgan fingerprint density at radius 3 is 2.66 bits per heavy atom. The number of carbonyl (C=O) groups excluding carboxylic acids is 2. The number of methoxy groups -OCH3 is 1. The molecule has 196 valence electrons. The lowest BCUT2D eigenvalue weighted by atomic mass is 9.97. The summed E-state index contributed by atoms with van der Waals surface area (Å²) in [5.74, 6) is 2.38. The van der Waals surface area contributed by atoms with Gasteiger partial charge in [0.2, 0.25) is 5.91 Å². The van der Waals surface area contributed by atoms with Crippen LogP contribution in [0, 0.1) is 11.8 Å². The van der Waals surface area contributed by atoms with Crippen LogP contribution in [0.1, 0.15) is 50.5 Å². The van der Waals surface area contributed by atoms with Crippen molar-refractivity contribution in [1.29, 1.82) is 0 Å². The van der Waals surface area contributed by atoms with Gasteiger partial charge in [0.15, 0.2) is 0 Å². The second-order valence-electron chi connectivity index (χ2n) is 11.5. The maximum absolute atomic E-state index is 13.9. The molecule has 1 spiro atoms. The lowest BCUT2D eigenvalue weighted by molar-refractivity contribution is -0.131. The Balaban J connectivity index is 1.20. The summed E-state index contributed by atoms with van der Waals surface area (Å²) >= 11 is 0. The van der Waals surface area contributed by atoms with Gasteiger partial charge in [-0.15, -0.1) is 0 Å². The Labute approximate surface area is 222 Å². The number of nitrogens with zero attached hydrogens (tertiary/aromatic N) is 3. The molecule has 0 radical (unpaired) electrons. The van der Waals surface area contributed by atoms with Crippen LogP contribution in [0.15, 0.2) is 53.7 Å². The fourth-order valence-corrected chi connectivity index (χ4v) is 6.64. The molecule has 3 fully saturated rings. The van der Waals surface area contributed by atoms with Crippen LogP contribution in [-0.4, -0.2) is 64.7 Å². The van der Waals surface area contributed by atoms with Gasteiger partial charge in [-0.25, -0.2) is 0 Å². The van der Waals surface area contributed by atoms with Gasteiger partial charge in [0.05, 0.1) is 12.7 Å². The molecule has 1 saturated heterocycles. The van der Waals surface area contributed by atoms with E-state index in [0.717, 1.165) is 97.2 Å². The topological polar surface area (TPSA) is 78.0 Å². The van der Waals surface area contributed by atoms with Gasteiger partial charge in [-0.2, -0.15) is 0 Å². The molecular formula is C31H34N4O3. The summed E-state index contributed by atoms with van der Waals surface area (Å²) in [6.45, 7) is 2.13. The van der Waals surface area contributed by atoms with E-state index in [4.69, 9.17) is 9.73 Å². The highest BCUT2D eigenvalue weighted by atomic mass is 16.5. The van der Waals surface area contributed by atoms with E-state index in [1.165, 1.54) is 0 Å². The van der Waals surface area contributed by atoms with Gasteiger partial charge in [-0.1, -0.05) is 25.0 Å². The van der Waals surface area contributed by atoms with Crippen LogP contribution in [0.2, 0.25) is 0 Å².